The Morgan fingerprint density at radius 1 is 1.18 bits per heavy atom. The van der Waals surface area contributed by atoms with Crippen LogP contribution in [-0.2, 0) is 4.79 Å². The molecule has 1 unspecified atom stereocenters. The lowest BCUT2D eigenvalue weighted by Gasteiger charge is -2.22. The summed E-state index contributed by atoms with van der Waals surface area (Å²) in [4.78, 5) is 28.8. The number of amides is 1. The molecule has 34 heavy (non-hydrogen) atoms. The Balaban J connectivity index is 1.78. The number of aliphatic carboxylic acids is 1. The van der Waals surface area contributed by atoms with Crippen LogP contribution in [0, 0.1) is 12.8 Å². The number of rotatable bonds is 10. The van der Waals surface area contributed by atoms with Gasteiger partial charge in [-0.25, -0.2) is 4.98 Å². The van der Waals surface area contributed by atoms with Crippen LogP contribution in [0.25, 0.3) is 11.3 Å². The average molecular weight is 484 g/mol. The Morgan fingerprint density at radius 2 is 1.88 bits per heavy atom. The average Bonchev–Trinajstić information content (AvgIpc) is 3.18. The number of carboxylic acid groups (broad SMARTS) is 1. The lowest BCUT2D eigenvalue weighted by Crippen LogP contribution is -2.29. The topological polar surface area (TPSA) is 95.7 Å². The summed E-state index contributed by atoms with van der Waals surface area (Å²) in [6.45, 7) is 6.45. The van der Waals surface area contributed by atoms with Gasteiger partial charge in [0.15, 0.2) is 0 Å². The van der Waals surface area contributed by atoms with Gasteiger partial charge in [-0.05, 0) is 61.7 Å². The minimum atomic E-state index is -0.930. The van der Waals surface area contributed by atoms with Crippen molar-refractivity contribution in [1.29, 1.82) is 0 Å². The zero-order valence-electron chi connectivity index (χ0n) is 19.8. The predicted octanol–water partition coefficient (Wildman–Crippen LogP) is 6.05. The highest BCUT2D eigenvalue weighted by atomic mass is 35.5. The number of hydrogen-bond acceptors (Lipinski definition) is 5. The molecule has 0 radical (unpaired) electrons. The van der Waals surface area contributed by atoms with Gasteiger partial charge in [-0.1, -0.05) is 25.4 Å². The molecule has 2 N–H and O–H groups in total. The van der Waals surface area contributed by atoms with Crippen molar-refractivity contribution in [3.8, 4) is 11.3 Å². The molecule has 7 nitrogen and oxygen atoms in total. The molecular weight excluding hydrogens is 454 g/mol. The second kappa shape index (κ2) is 11.2. The van der Waals surface area contributed by atoms with Gasteiger partial charge in [0.2, 0.25) is 0 Å². The minimum Gasteiger partial charge on any atom is -0.481 e. The highest BCUT2D eigenvalue weighted by Crippen LogP contribution is 2.34. The fourth-order valence-corrected chi connectivity index (χ4v) is 3.94. The summed E-state index contributed by atoms with van der Waals surface area (Å²) >= 11 is 6.05. The van der Waals surface area contributed by atoms with E-state index in [2.05, 4.69) is 24.1 Å². The Hall–Kier alpha value is -3.32. The van der Waals surface area contributed by atoms with Crippen molar-refractivity contribution in [1.82, 2.24) is 9.88 Å². The standard InChI is InChI=1S/C26H30ClN3O4/c1-16(2)13-22(21-15-23(34-17(21)3)19-9-11-28-24(27)14-19)29-20-7-5-18(6-8-20)26(33)30(4)12-10-25(31)32/h5-9,11,14-16,22,29H,10,12-13H2,1-4H3,(H,31,32). The Kier molecular flexibility index (Phi) is 8.34. The van der Waals surface area contributed by atoms with Gasteiger partial charge >= 0.3 is 5.97 Å². The number of carboxylic acids is 1. The van der Waals surface area contributed by atoms with Crippen LogP contribution >= 0.6 is 11.6 Å². The first-order valence-electron chi connectivity index (χ1n) is 11.2. The third-order valence-electron chi connectivity index (χ3n) is 5.53. The van der Waals surface area contributed by atoms with Crippen LogP contribution in [0.15, 0.2) is 53.1 Å². The second-order valence-electron chi connectivity index (χ2n) is 8.76. The first-order valence-corrected chi connectivity index (χ1v) is 11.6. The Labute approximate surface area is 204 Å². The maximum Gasteiger partial charge on any atom is 0.305 e. The number of aromatic nitrogens is 1. The van der Waals surface area contributed by atoms with Gasteiger partial charge in [-0.2, -0.15) is 0 Å². The van der Waals surface area contributed by atoms with E-state index in [1.807, 2.05) is 31.2 Å². The summed E-state index contributed by atoms with van der Waals surface area (Å²) in [6.07, 6.45) is 2.45. The number of nitrogens with zero attached hydrogens (tertiary/aromatic N) is 2. The summed E-state index contributed by atoms with van der Waals surface area (Å²) in [7, 11) is 1.60. The Morgan fingerprint density at radius 3 is 2.50 bits per heavy atom. The van der Waals surface area contributed by atoms with Crippen LogP contribution in [0.4, 0.5) is 5.69 Å². The molecule has 2 heterocycles. The maximum absolute atomic E-state index is 12.6. The van der Waals surface area contributed by atoms with E-state index in [0.717, 1.165) is 34.8 Å². The van der Waals surface area contributed by atoms with Crippen LogP contribution < -0.4 is 5.32 Å². The van der Waals surface area contributed by atoms with E-state index >= 15 is 0 Å². The molecule has 3 rings (SSSR count). The molecule has 0 fully saturated rings. The highest BCUT2D eigenvalue weighted by Gasteiger charge is 2.21. The number of benzene rings is 1. The molecule has 0 saturated heterocycles. The summed E-state index contributed by atoms with van der Waals surface area (Å²) in [5, 5.41) is 12.8. The molecule has 0 aliphatic carbocycles. The number of anilines is 1. The van der Waals surface area contributed by atoms with E-state index in [9.17, 15) is 9.59 Å². The summed E-state index contributed by atoms with van der Waals surface area (Å²) in [5.41, 5.74) is 3.32. The lowest BCUT2D eigenvalue weighted by molar-refractivity contribution is -0.137. The summed E-state index contributed by atoms with van der Waals surface area (Å²) in [6, 6.07) is 12.9. The lowest BCUT2D eigenvalue weighted by atomic mass is 9.96. The van der Waals surface area contributed by atoms with Crippen molar-refractivity contribution in [3.05, 3.63) is 70.7 Å². The molecular formula is C26H30ClN3O4. The molecule has 0 bridgehead atoms. The number of hydrogen-bond donors (Lipinski definition) is 2. The normalized spacial score (nSPS) is 11.9. The molecule has 3 aromatic rings. The molecule has 0 aliphatic heterocycles. The van der Waals surface area contributed by atoms with E-state index < -0.39 is 5.97 Å². The molecule has 8 heteroatoms. The van der Waals surface area contributed by atoms with Crippen LogP contribution in [-0.4, -0.2) is 40.5 Å². The largest absolute Gasteiger partial charge is 0.481 e. The van der Waals surface area contributed by atoms with Gasteiger partial charge in [-0.15, -0.1) is 0 Å². The van der Waals surface area contributed by atoms with Gasteiger partial charge in [-0.3, -0.25) is 9.59 Å². The summed E-state index contributed by atoms with van der Waals surface area (Å²) in [5.74, 6) is 0.859. The number of halogens is 1. The third kappa shape index (κ3) is 6.60. The van der Waals surface area contributed by atoms with Crippen molar-refractivity contribution in [2.75, 3.05) is 18.9 Å². The van der Waals surface area contributed by atoms with E-state index in [4.69, 9.17) is 21.1 Å². The van der Waals surface area contributed by atoms with Crippen LogP contribution in [0.2, 0.25) is 5.15 Å². The van der Waals surface area contributed by atoms with E-state index in [1.54, 1.807) is 31.4 Å². The number of carbonyl (C=O) groups excluding carboxylic acids is 1. The van der Waals surface area contributed by atoms with E-state index in [0.29, 0.717) is 16.6 Å². The molecule has 0 aliphatic rings. The van der Waals surface area contributed by atoms with Crippen molar-refractivity contribution in [3.63, 3.8) is 0 Å². The number of aryl methyl sites for hydroxylation is 1. The van der Waals surface area contributed by atoms with Crippen molar-refractivity contribution < 1.29 is 19.1 Å². The number of carbonyl (C=O) groups is 2. The quantitative estimate of drug-likeness (QED) is 0.341. The van der Waals surface area contributed by atoms with Crippen molar-refractivity contribution in [2.45, 2.75) is 39.7 Å². The number of furan rings is 1. The first kappa shape index (κ1) is 25.3. The Bertz CT molecular complexity index is 1140. The van der Waals surface area contributed by atoms with Crippen LogP contribution in [0.3, 0.4) is 0 Å². The van der Waals surface area contributed by atoms with E-state index in [1.165, 1.54) is 4.90 Å². The molecule has 2 aromatic heterocycles. The third-order valence-corrected chi connectivity index (χ3v) is 5.74. The SMILES string of the molecule is Cc1oc(-c2ccnc(Cl)c2)cc1C(CC(C)C)Nc1ccc(C(=O)N(C)CCC(=O)O)cc1. The molecule has 0 saturated carbocycles. The van der Waals surface area contributed by atoms with Crippen LogP contribution in [0.5, 0.6) is 0 Å². The van der Waals surface area contributed by atoms with Crippen molar-refractivity contribution in [2.24, 2.45) is 5.92 Å². The zero-order valence-corrected chi connectivity index (χ0v) is 20.6. The minimum absolute atomic E-state index is 0.00889. The van der Waals surface area contributed by atoms with Gasteiger partial charge in [0, 0.05) is 42.2 Å². The van der Waals surface area contributed by atoms with E-state index in [-0.39, 0.29) is 24.9 Å². The van der Waals surface area contributed by atoms with Gasteiger partial charge < -0.3 is 19.7 Å². The second-order valence-corrected chi connectivity index (χ2v) is 9.15. The maximum atomic E-state index is 12.6. The van der Waals surface area contributed by atoms with Gasteiger partial charge in [0.1, 0.15) is 16.7 Å². The van der Waals surface area contributed by atoms with Crippen LogP contribution in [0.1, 0.15) is 54.4 Å². The van der Waals surface area contributed by atoms with Gasteiger partial charge in [0.05, 0.1) is 12.5 Å². The first-order chi connectivity index (χ1) is 16.1. The number of nitrogens with one attached hydrogen (secondary N) is 1. The fraction of sp³-hybridized carbons (Fsp3) is 0.346. The summed E-state index contributed by atoms with van der Waals surface area (Å²) < 4.78 is 6.05. The van der Waals surface area contributed by atoms with Crippen molar-refractivity contribution >= 4 is 29.2 Å². The number of pyridine rings is 1. The predicted molar refractivity (Wildman–Crippen MR) is 133 cm³/mol. The fourth-order valence-electron chi connectivity index (χ4n) is 3.77. The zero-order chi connectivity index (χ0) is 24.8. The molecule has 1 atom stereocenters. The molecule has 1 aromatic carbocycles. The smallest absolute Gasteiger partial charge is 0.305 e. The molecule has 180 valence electrons. The molecule has 1 amide bonds. The monoisotopic (exact) mass is 483 g/mol. The molecule has 0 spiro atoms. The highest BCUT2D eigenvalue weighted by molar-refractivity contribution is 6.29. The van der Waals surface area contributed by atoms with Gasteiger partial charge in [0.25, 0.3) is 5.91 Å².